The SMILES string of the molecule is Cc1nn(C)c2sc(C(=O)N(CC(=O)N3CCCCCC3)C(C)C)cc12. The van der Waals surface area contributed by atoms with Crippen molar-refractivity contribution in [3.8, 4) is 0 Å². The van der Waals surface area contributed by atoms with E-state index in [9.17, 15) is 9.59 Å². The zero-order chi connectivity index (χ0) is 18.8. The number of carbonyl (C=O) groups is 2. The molecule has 1 aliphatic rings. The summed E-state index contributed by atoms with van der Waals surface area (Å²) in [6.45, 7) is 7.66. The number of amides is 2. The van der Waals surface area contributed by atoms with Crippen LogP contribution in [0.3, 0.4) is 0 Å². The molecule has 0 aliphatic carbocycles. The van der Waals surface area contributed by atoms with E-state index in [4.69, 9.17) is 0 Å². The highest BCUT2D eigenvalue weighted by Gasteiger charge is 2.26. The maximum atomic E-state index is 13.1. The number of rotatable bonds is 4. The first kappa shape index (κ1) is 18.9. The Morgan fingerprint density at radius 2 is 1.88 bits per heavy atom. The molecule has 7 heteroatoms. The molecule has 0 radical (unpaired) electrons. The van der Waals surface area contributed by atoms with Gasteiger partial charge in [-0.3, -0.25) is 14.3 Å². The van der Waals surface area contributed by atoms with Gasteiger partial charge >= 0.3 is 0 Å². The highest BCUT2D eigenvalue weighted by molar-refractivity contribution is 7.20. The summed E-state index contributed by atoms with van der Waals surface area (Å²) in [6.07, 6.45) is 4.49. The van der Waals surface area contributed by atoms with Crippen LogP contribution in [0, 0.1) is 6.92 Å². The number of likely N-dealkylation sites (tertiary alicyclic amines) is 1. The number of aryl methyl sites for hydroxylation is 2. The molecule has 2 aromatic rings. The summed E-state index contributed by atoms with van der Waals surface area (Å²) in [6, 6.07) is 1.89. The maximum absolute atomic E-state index is 13.1. The molecular formula is C19H28N4O2S. The van der Waals surface area contributed by atoms with Gasteiger partial charge in [0.2, 0.25) is 5.91 Å². The quantitative estimate of drug-likeness (QED) is 0.823. The van der Waals surface area contributed by atoms with Crippen molar-refractivity contribution in [1.82, 2.24) is 19.6 Å². The van der Waals surface area contributed by atoms with Gasteiger partial charge in [0.15, 0.2) is 0 Å². The topological polar surface area (TPSA) is 58.4 Å². The van der Waals surface area contributed by atoms with Gasteiger partial charge in [-0.25, -0.2) is 0 Å². The van der Waals surface area contributed by atoms with Gasteiger partial charge in [-0.15, -0.1) is 11.3 Å². The fourth-order valence-corrected chi connectivity index (χ4v) is 4.59. The highest BCUT2D eigenvalue weighted by atomic mass is 32.1. The lowest BCUT2D eigenvalue weighted by atomic mass is 10.2. The van der Waals surface area contributed by atoms with E-state index in [2.05, 4.69) is 5.10 Å². The number of hydrogen-bond donors (Lipinski definition) is 0. The molecule has 2 amide bonds. The Hall–Kier alpha value is -1.89. The molecule has 0 bridgehead atoms. The second-order valence-corrected chi connectivity index (χ2v) is 8.39. The first-order chi connectivity index (χ1) is 12.4. The van der Waals surface area contributed by atoms with Crippen LogP contribution < -0.4 is 0 Å². The molecule has 0 spiro atoms. The Labute approximate surface area is 158 Å². The standard InChI is InChI=1S/C19H28N4O2S/c1-13(2)23(12-17(24)22-9-7-5-6-8-10-22)18(25)16-11-15-14(3)20-21(4)19(15)26-16/h11,13H,5-10,12H2,1-4H3. The van der Waals surface area contributed by atoms with E-state index in [1.807, 2.05) is 43.5 Å². The molecule has 0 unspecified atom stereocenters. The molecule has 0 aromatic carbocycles. The lowest BCUT2D eigenvalue weighted by molar-refractivity contribution is -0.132. The van der Waals surface area contributed by atoms with E-state index >= 15 is 0 Å². The van der Waals surface area contributed by atoms with Gasteiger partial charge in [0.1, 0.15) is 11.4 Å². The van der Waals surface area contributed by atoms with Crippen LogP contribution >= 0.6 is 11.3 Å². The van der Waals surface area contributed by atoms with Crippen LogP contribution in [-0.2, 0) is 11.8 Å². The summed E-state index contributed by atoms with van der Waals surface area (Å²) in [5, 5.41) is 5.41. The minimum Gasteiger partial charge on any atom is -0.341 e. The molecule has 3 heterocycles. The van der Waals surface area contributed by atoms with Gasteiger partial charge in [0.25, 0.3) is 5.91 Å². The van der Waals surface area contributed by atoms with Crippen molar-refractivity contribution in [2.24, 2.45) is 7.05 Å². The first-order valence-corrected chi connectivity index (χ1v) is 10.2. The van der Waals surface area contributed by atoms with Gasteiger partial charge in [-0.05, 0) is 39.7 Å². The highest BCUT2D eigenvalue weighted by Crippen LogP contribution is 2.29. The molecule has 26 heavy (non-hydrogen) atoms. The summed E-state index contributed by atoms with van der Waals surface area (Å²) < 4.78 is 1.81. The van der Waals surface area contributed by atoms with E-state index in [-0.39, 0.29) is 24.4 Å². The van der Waals surface area contributed by atoms with Crippen LogP contribution in [0.25, 0.3) is 10.2 Å². The average Bonchev–Trinajstić information content (AvgIpc) is 3.01. The normalized spacial score (nSPS) is 15.5. The van der Waals surface area contributed by atoms with E-state index in [1.54, 1.807) is 4.90 Å². The van der Waals surface area contributed by atoms with E-state index < -0.39 is 0 Å². The molecule has 6 nitrogen and oxygen atoms in total. The van der Waals surface area contributed by atoms with Crippen molar-refractivity contribution in [3.63, 3.8) is 0 Å². The minimum absolute atomic E-state index is 0.0251. The fraction of sp³-hybridized carbons (Fsp3) is 0.632. The summed E-state index contributed by atoms with van der Waals surface area (Å²) in [5.74, 6) is -0.00307. The first-order valence-electron chi connectivity index (χ1n) is 9.40. The molecule has 1 fully saturated rings. The van der Waals surface area contributed by atoms with Gasteiger partial charge in [-0.1, -0.05) is 12.8 Å². The molecule has 1 aliphatic heterocycles. The second kappa shape index (κ2) is 7.78. The van der Waals surface area contributed by atoms with E-state index in [1.165, 1.54) is 24.2 Å². The van der Waals surface area contributed by atoms with Crippen LogP contribution in [0.15, 0.2) is 6.07 Å². The zero-order valence-corrected chi connectivity index (χ0v) is 16.9. The third kappa shape index (κ3) is 3.77. The van der Waals surface area contributed by atoms with Crippen LogP contribution in [0.1, 0.15) is 54.9 Å². The number of carbonyl (C=O) groups excluding carboxylic acids is 2. The third-order valence-corrected chi connectivity index (χ3v) is 6.25. The maximum Gasteiger partial charge on any atom is 0.264 e. The number of nitrogens with zero attached hydrogens (tertiary/aromatic N) is 4. The summed E-state index contributed by atoms with van der Waals surface area (Å²) in [4.78, 5) is 31.1. The predicted octanol–water partition coefficient (Wildman–Crippen LogP) is 3.20. The van der Waals surface area contributed by atoms with Crippen molar-refractivity contribution >= 4 is 33.4 Å². The summed E-state index contributed by atoms with van der Waals surface area (Å²) in [5.41, 5.74) is 0.926. The van der Waals surface area contributed by atoms with Crippen molar-refractivity contribution in [2.45, 2.75) is 52.5 Å². The van der Waals surface area contributed by atoms with E-state index in [0.29, 0.717) is 4.88 Å². The van der Waals surface area contributed by atoms with Crippen molar-refractivity contribution < 1.29 is 9.59 Å². The summed E-state index contributed by atoms with van der Waals surface area (Å²) in [7, 11) is 1.89. The van der Waals surface area contributed by atoms with Crippen LogP contribution in [0.5, 0.6) is 0 Å². The van der Waals surface area contributed by atoms with Crippen molar-refractivity contribution in [2.75, 3.05) is 19.6 Å². The molecule has 0 atom stereocenters. The Balaban J connectivity index is 1.78. The molecule has 3 rings (SSSR count). The monoisotopic (exact) mass is 376 g/mol. The average molecular weight is 377 g/mol. The van der Waals surface area contributed by atoms with Crippen molar-refractivity contribution in [3.05, 3.63) is 16.6 Å². The van der Waals surface area contributed by atoms with Gasteiger partial charge in [0, 0.05) is 31.6 Å². The zero-order valence-electron chi connectivity index (χ0n) is 16.1. The van der Waals surface area contributed by atoms with E-state index in [0.717, 1.165) is 41.8 Å². The van der Waals surface area contributed by atoms with Gasteiger partial charge in [-0.2, -0.15) is 5.10 Å². The van der Waals surface area contributed by atoms with Crippen LogP contribution in [0.2, 0.25) is 0 Å². The van der Waals surface area contributed by atoms with Crippen LogP contribution in [-0.4, -0.2) is 57.1 Å². The fourth-order valence-electron chi connectivity index (χ4n) is 3.51. The number of aromatic nitrogens is 2. The lowest BCUT2D eigenvalue weighted by Gasteiger charge is -2.29. The van der Waals surface area contributed by atoms with Gasteiger partial charge in [0.05, 0.1) is 10.6 Å². The molecular weight excluding hydrogens is 348 g/mol. The molecule has 0 N–H and O–H groups in total. The van der Waals surface area contributed by atoms with Crippen LogP contribution in [0.4, 0.5) is 0 Å². The smallest absolute Gasteiger partial charge is 0.264 e. The predicted molar refractivity (Wildman–Crippen MR) is 105 cm³/mol. The Bertz CT molecular complexity index is 765. The molecule has 0 saturated carbocycles. The lowest BCUT2D eigenvalue weighted by Crippen LogP contribution is -2.46. The third-order valence-electron chi connectivity index (χ3n) is 5.06. The van der Waals surface area contributed by atoms with Gasteiger partial charge < -0.3 is 9.80 Å². The Morgan fingerprint density at radius 3 is 2.46 bits per heavy atom. The molecule has 1 saturated heterocycles. The number of hydrogen-bond acceptors (Lipinski definition) is 4. The molecule has 2 aromatic heterocycles. The Kier molecular flexibility index (Phi) is 5.65. The summed E-state index contributed by atoms with van der Waals surface area (Å²) >= 11 is 1.45. The molecule has 142 valence electrons. The number of fused-ring (bicyclic) bond motifs is 1. The largest absolute Gasteiger partial charge is 0.341 e. The minimum atomic E-state index is -0.0660. The Morgan fingerprint density at radius 1 is 1.23 bits per heavy atom. The second-order valence-electron chi connectivity index (χ2n) is 7.36. The van der Waals surface area contributed by atoms with Crippen molar-refractivity contribution in [1.29, 1.82) is 0 Å². The number of thiophene rings is 1.